The zero-order valence-electron chi connectivity index (χ0n) is 7.41. The molecule has 0 atom stereocenters. The Hall–Kier alpha value is -0.585. The molecule has 6 heteroatoms. The minimum absolute atomic E-state index is 0.170. The molecule has 0 heterocycles. The fourth-order valence-corrected chi connectivity index (χ4v) is 0.544. The quantitative estimate of drug-likeness (QED) is 0.553. The highest BCUT2D eigenvalue weighted by atomic mass is 16.7. The average molecular weight is 175 g/mol. The second-order valence-electron chi connectivity index (χ2n) is 1.89. The zero-order chi connectivity index (χ0) is 9.40. The summed E-state index contributed by atoms with van der Waals surface area (Å²) in [4.78, 5) is 10.7. The number of hydrogen-bond acceptors (Lipinski definition) is 5. The number of carbonyl (C=O) groups excluding carboxylic acids is 1. The van der Waals surface area contributed by atoms with Crippen LogP contribution in [0.15, 0.2) is 0 Å². The maximum atomic E-state index is 10.7. The van der Waals surface area contributed by atoms with E-state index >= 15 is 0 Å². The van der Waals surface area contributed by atoms with E-state index in [9.17, 15) is 4.79 Å². The van der Waals surface area contributed by atoms with E-state index < -0.39 is 13.3 Å². The van der Waals surface area contributed by atoms with Crippen molar-refractivity contribution in [3.8, 4) is 0 Å². The monoisotopic (exact) mass is 175 g/mol. The smallest absolute Gasteiger partial charge is 0.484 e. The van der Waals surface area contributed by atoms with Crippen LogP contribution in [-0.4, -0.2) is 33.0 Å². The summed E-state index contributed by atoms with van der Waals surface area (Å²) in [5.41, 5.74) is 5.03. The molecule has 0 aromatic carbocycles. The van der Waals surface area contributed by atoms with Crippen LogP contribution in [0.2, 0.25) is 0 Å². The fourth-order valence-electron chi connectivity index (χ4n) is 0.544. The van der Waals surface area contributed by atoms with Gasteiger partial charge in [-0.3, -0.25) is 4.79 Å². The van der Waals surface area contributed by atoms with Crippen LogP contribution >= 0.6 is 0 Å². The van der Waals surface area contributed by atoms with Gasteiger partial charge < -0.3 is 19.7 Å². The molecule has 0 spiro atoms. The minimum Gasteiger partial charge on any atom is -0.484 e. The Labute approximate surface area is 72.3 Å². The van der Waals surface area contributed by atoms with Crippen molar-refractivity contribution in [2.24, 2.45) is 5.73 Å². The third-order valence-electron chi connectivity index (χ3n) is 1.000. The molecule has 0 amide bonds. The van der Waals surface area contributed by atoms with Crippen molar-refractivity contribution in [1.29, 1.82) is 0 Å². The van der Waals surface area contributed by atoms with Crippen molar-refractivity contribution in [3.05, 3.63) is 0 Å². The van der Waals surface area contributed by atoms with Crippen molar-refractivity contribution in [1.82, 2.24) is 0 Å². The summed E-state index contributed by atoms with van der Waals surface area (Å²) in [6.45, 7) is 4.23. The first kappa shape index (κ1) is 11.4. The summed E-state index contributed by atoms with van der Waals surface area (Å²) in [6.07, 6.45) is 0. The predicted octanol–water partition coefficient (Wildman–Crippen LogP) is -0.454. The van der Waals surface area contributed by atoms with Gasteiger partial charge in [0, 0.05) is 13.2 Å². The topological polar surface area (TPSA) is 70.8 Å². The summed E-state index contributed by atoms with van der Waals surface area (Å²) in [7, 11) is -0.920. The molecule has 70 valence electrons. The molecule has 5 nitrogen and oxygen atoms in total. The van der Waals surface area contributed by atoms with Gasteiger partial charge in [-0.25, -0.2) is 0 Å². The summed E-state index contributed by atoms with van der Waals surface area (Å²) >= 11 is 0. The first-order chi connectivity index (χ1) is 5.74. The van der Waals surface area contributed by atoms with Gasteiger partial charge in [-0.05, 0) is 13.8 Å². The first-order valence-corrected chi connectivity index (χ1v) is 3.87. The molecule has 0 unspecified atom stereocenters. The van der Waals surface area contributed by atoms with E-state index in [1.54, 1.807) is 13.8 Å². The molecule has 0 bridgehead atoms. The highest BCUT2D eigenvalue weighted by molar-refractivity contribution is 6.39. The average Bonchev–Trinajstić information content (AvgIpc) is 2.05. The Morgan fingerprint density at radius 2 is 1.83 bits per heavy atom. The Bertz CT molecular complexity index is 127. The van der Waals surface area contributed by atoms with Crippen LogP contribution in [-0.2, 0) is 18.8 Å². The molecule has 0 aliphatic heterocycles. The second kappa shape index (κ2) is 7.09. The lowest BCUT2D eigenvalue weighted by Gasteiger charge is -2.10. The van der Waals surface area contributed by atoms with Crippen LogP contribution in [0.3, 0.4) is 0 Å². The number of carbonyl (C=O) groups is 1. The summed E-state index contributed by atoms with van der Waals surface area (Å²) < 4.78 is 14.5. The SMILES string of the molecule is CCOB(OCC)OC(=O)CN. The lowest BCUT2D eigenvalue weighted by molar-refractivity contribution is -0.136. The van der Waals surface area contributed by atoms with E-state index in [1.165, 1.54) is 0 Å². The Kier molecular flexibility index (Phi) is 6.74. The molecule has 0 aliphatic carbocycles. The normalized spacial score (nSPS) is 9.58. The Morgan fingerprint density at radius 3 is 2.17 bits per heavy atom. The van der Waals surface area contributed by atoms with E-state index in [4.69, 9.17) is 15.0 Å². The Morgan fingerprint density at radius 1 is 1.33 bits per heavy atom. The second-order valence-corrected chi connectivity index (χ2v) is 1.89. The molecule has 0 aromatic rings. The molecule has 12 heavy (non-hydrogen) atoms. The summed E-state index contributed by atoms with van der Waals surface area (Å²) in [5.74, 6) is -0.540. The van der Waals surface area contributed by atoms with Crippen LogP contribution in [0, 0.1) is 0 Å². The van der Waals surface area contributed by atoms with E-state index in [2.05, 4.69) is 4.65 Å². The van der Waals surface area contributed by atoms with Crippen LogP contribution in [0.4, 0.5) is 0 Å². The van der Waals surface area contributed by atoms with Crippen LogP contribution < -0.4 is 5.73 Å². The minimum atomic E-state index is -0.920. The van der Waals surface area contributed by atoms with Crippen molar-refractivity contribution >= 4 is 13.3 Å². The van der Waals surface area contributed by atoms with Gasteiger partial charge in [0.15, 0.2) is 0 Å². The van der Waals surface area contributed by atoms with Gasteiger partial charge in [-0.2, -0.15) is 0 Å². The molecular weight excluding hydrogens is 161 g/mol. The van der Waals surface area contributed by atoms with Gasteiger partial charge in [-0.15, -0.1) is 0 Å². The van der Waals surface area contributed by atoms with Crippen molar-refractivity contribution in [2.75, 3.05) is 19.8 Å². The zero-order valence-corrected chi connectivity index (χ0v) is 7.41. The molecule has 0 rings (SSSR count). The number of nitrogens with two attached hydrogens (primary N) is 1. The van der Waals surface area contributed by atoms with Gasteiger partial charge in [0.05, 0.1) is 6.54 Å². The molecule has 0 radical (unpaired) electrons. The van der Waals surface area contributed by atoms with Gasteiger partial charge in [0.1, 0.15) is 0 Å². The maximum Gasteiger partial charge on any atom is 0.715 e. The standard InChI is InChI=1S/C6H14BNO4/c1-3-10-7(11-4-2)12-6(9)5-8/h3-5,8H2,1-2H3. The van der Waals surface area contributed by atoms with Crippen molar-refractivity contribution < 1.29 is 18.8 Å². The largest absolute Gasteiger partial charge is 0.715 e. The van der Waals surface area contributed by atoms with Crippen molar-refractivity contribution in [2.45, 2.75) is 13.8 Å². The van der Waals surface area contributed by atoms with Crippen molar-refractivity contribution in [3.63, 3.8) is 0 Å². The maximum absolute atomic E-state index is 10.7. The summed E-state index contributed by atoms with van der Waals surface area (Å²) in [6, 6.07) is 0. The van der Waals surface area contributed by atoms with Gasteiger partial charge in [0.2, 0.25) is 0 Å². The molecule has 0 saturated carbocycles. The lowest BCUT2D eigenvalue weighted by Crippen LogP contribution is -2.32. The van der Waals surface area contributed by atoms with Gasteiger partial charge >= 0.3 is 13.3 Å². The number of rotatable bonds is 6. The molecular formula is C6H14BNO4. The molecule has 0 fully saturated rings. The van der Waals surface area contributed by atoms with Gasteiger partial charge in [0.25, 0.3) is 0 Å². The third-order valence-corrected chi connectivity index (χ3v) is 1.000. The highest BCUT2D eigenvalue weighted by Gasteiger charge is 2.24. The molecule has 2 N–H and O–H groups in total. The fraction of sp³-hybridized carbons (Fsp3) is 0.833. The predicted molar refractivity (Wildman–Crippen MR) is 44.2 cm³/mol. The first-order valence-electron chi connectivity index (χ1n) is 3.87. The molecule has 0 aliphatic rings. The number of hydrogen-bond donors (Lipinski definition) is 1. The lowest BCUT2D eigenvalue weighted by atomic mass is 10.2. The van der Waals surface area contributed by atoms with Gasteiger partial charge in [-0.1, -0.05) is 0 Å². The highest BCUT2D eigenvalue weighted by Crippen LogP contribution is 1.92. The van der Waals surface area contributed by atoms with E-state index in [0.29, 0.717) is 13.2 Å². The van der Waals surface area contributed by atoms with Crippen LogP contribution in [0.25, 0.3) is 0 Å². The van der Waals surface area contributed by atoms with Crippen LogP contribution in [0.5, 0.6) is 0 Å². The molecule has 0 saturated heterocycles. The van der Waals surface area contributed by atoms with E-state index in [-0.39, 0.29) is 6.54 Å². The summed E-state index contributed by atoms with van der Waals surface area (Å²) in [5, 5.41) is 0. The van der Waals surface area contributed by atoms with E-state index in [1.807, 2.05) is 0 Å². The Balaban J connectivity index is 3.68. The molecule has 0 aromatic heterocycles. The van der Waals surface area contributed by atoms with E-state index in [0.717, 1.165) is 0 Å². The third kappa shape index (κ3) is 5.12. The van der Waals surface area contributed by atoms with Crippen LogP contribution in [0.1, 0.15) is 13.8 Å².